The molecule has 0 aliphatic carbocycles. The zero-order valence-electron chi connectivity index (χ0n) is 10.3. The standard InChI is InChI=1S/C13H19Cl2NO/c1-3-13(2,7-8-17)16-9-10-11(14)5-4-6-12(10)15/h4-6,16-17H,3,7-9H2,1-2H3. The van der Waals surface area contributed by atoms with E-state index in [-0.39, 0.29) is 12.1 Å². The molecule has 1 unspecified atom stereocenters. The topological polar surface area (TPSA) is 32.3 Å². The van der Waals surface area contributed by atoms with Gasteiger partial charge in [-0.05, 0) is 31.9 Å². The minimum absolute atomic E-state index is 0.0861. The van der Waals surface area contributed by atoms with Crippen molar-refractivity contribution in [3.05, 3.63) is 33.8 Å². The van der Waals surface area contributed by atoms with Gasteiger partial charge in [0.2, 0.25) is 0 Å². The molecule has 0 aliphatic rings. The molecule has 4 heteroatoms. The van der Waals surface area contributed by atoms with Crippen molar-refractivity contribution in [1.29, 1.82) is 0 Å². The Morgan fingerprint density at radius 3 is 2.35 bits per heavy atom. The highest BCUT2D eigenvalue weighted by atomic mass is 35.5. The van der Waals surface area contributed by atoms with E-state index in [1.54, 1.807) is 0 Å². The average molecular weight is 276 g/mol. The third-order valence-electron chi connectivity index (χ3n) is 3.20. The normalized spacial score (nSPS) is 14.6. The summed E-state index contributed by atoms with van der Waals surface area (Å²) in [5.41, 5.74) is 0.825. The molecular weight excluding hydrogens is 257 g/mol. The van der Waals surface area contributed by atoms with Gasteiger partial charge in [0, 0.05) is 34.3 Å². The van der Waals surface area contributed by atoms with Gasteiger partial charge in [0.15, 0.2) is 0 Å². The Morgan fingerprint density at radius 2 is 1.88 bits per heavy atom. The summed E-state index contributed by atoms with van der Waals surface area (Å²) >= 11 is 12.2. The lowest BCUT2D eigenvalue weighted by atomic mass is 9.94. The van der Waals surface area contributed by atoms with Crippen molar-refractivity contribution in [2.45, 2.75) is 38.8 Å². The van der Waals surface area contributed by atoms with E-state index in [9.17, 15) is 0 Å². The van der Waals surface area contributed by atoms with Crippen LogP contribution >= 0.6 is 23.2 Å². The van der Waals surface area contributed by atoms with Gasteiger partial charge >= 0.3 is 0 Å². The van der Waals surface area contributed by atoms with Crippen molar-refractivity contribution in [1.82, 2.24) is 5.32 Å². The summed E-state index contributed by atoms with van der Waals surface area (Å²) in [6, 6.07) is 5.50. The Balaban J connectivity index is 2.72. The van der Waals surface area contributed by atoms with Crippen LogP contribution in [0.15, 0.2) is 18.2 Å². The Bertz CT molecular complexity index is 350. The van der Waals surface area contributed by atoms with Crippen LogP contribution in [0.4, 0.5) is 0 Å². The van der Waals surface area contributed by atoms with Crippen molar-refractivity contribution >= 4 is 23.2 Å². The lowest BCUT2D eigenvalue weighted by molar-refractivity contribution is 0.214. The summed E-state index contributed by atoms with van der Waals surface area (Å²) in [6.07, 6.45) is 1.65. The third kappa shape index (κ3) is 4.14. The lowest BCUT2D eigenvalue weighted by Gasteiger charge is -2.29. The number of aliphatic hydroxyl groups is 1. The number of halogens is 2. The lowest BCUT2D eigenvalue weighted by Crippen LogP contribution is -2.42. The quantitative estimate of drug-likeness (QED) is 0.831. The zero-order chi connectivity index (χ0) is 12.9. The fourth-order valence-electron chi connectivity index (χ4n) is 1.64. The minimum atomic E-state index is -0.0861. The fraction of sp³-hybridized carbons (Fsp3) is 0.538. The molecule has 1 atom stereocenters. The van der Waals surface area contributed by atoms with Gasteiger partial charge in [0.1, 0.15) is 0 Å². The number of nitrogens with one attached hydrogen (secondary N) is 1. The molecule has 0 aliphatic heterocycles. The number of rotatable bonds is 6. The van der Waals surface area contributed by atoms with Crippen LogP contribution in [0.3, 0.4) is 0 Å². The second kappa shape index (κ2) is 6.60. The molecule has 1 aromatic rings. The van der Waals surface area contributed by atoms with E-state index in [1.807, 2.05) is 18.2 Å². The smallest absolute Gasteiger partial charge is 0.0465 e. The van der Waals surface area contributed by atoms with Gasteiger partial charge < -0.3 is 10.4 Å². The van der Waals surface area contributed by atoms with E-state index < -0.39 is 0 Å². The summed E-state index contributed by atoms with van der Waals surface area (Å²) in [6.45, 7) is 4.97. The van der Waals surface area contributed by atoms with Crippen molar-refractivity contribution in [3.63, 3.8) is 0 Å². The highest BCUT2D eigenvalue weighted by Gasteiger charge is 2.21. The Labute approximate surface area is 113 Å². The number of hydrogen-bond acceptors (Lipinski definition) is 2. The predicted molar refractivity (Wildman–Crippen MR) is 73.7 cm³/mol. The maximum absolute atomic E-state index is 9.05. The average Bonchev–Trinajstić information content (AvgIpc) is 2.29. The first-order valence-electron chi connectivity index (χ1n) is 5.81. The minimum Gasteiger partial charge on any atom is -0.396 e. The molecule has 1 rings (SSSR count). The second-order valence-electron chi connectivity index (χ2n) is 4.44. The maximum atomic E-state index is 9.05. The number of hydrogen-bond donors (Lipinski definition) is 2. The van der Waals surface area contributed by atoms with Gasteiger partial charge in [-0.15, -0.1) is 0 Å². The SMILES string of the molecule is CCC(C)(CCO)NCc1c(Cl)cccc1Cl. The fourth-order valence-corrected chi connectivity index (χ4v) is 2.17. The molecule has 0 radical (unpaired) electrons. The van der Waals surface area contributed by atoms with Gasteiger partial charge in [-0.2, -0.15) is 0 Å². The molecule has 96 valence electrons. The summed E-state index contributed by atoms with van der Waals surface area (Å²) in [7, 11) is 0. The molecular formula is C13H19Cl2NO. The van der Waals surface area contributed by atoms with E-state index in [1.165, 1.54) is 0 Å². The number of benzene rings is 1. The molecule has 0 aromatic heterocycles. The van der Waals surface area contributed by atoms with Gasteiger partial charge in [-0.25, -0.2) is 0 Å². The highest BCUT2D eigenvalue weighted by Crippen LogP contribution is 2.25. The molecule has 0 saturated heterocycles. The summed E-state index contributed by atoms with van der Waals surface area (Å²) in [5.74, 6) is 0. The maximum Gasteiger partial charge on any atom is 0.0465 e. The molecule has 0 amide bonds. The molecule has 2 nitrogen and oxygen atoms in total. The first-order chi connectivity index (χ1) is 8.02. The van der Waals surface area contributed by atoms with Crippen LogP contribution in [0.2, 0.25) is 10.0 Å². The van der Waals surface area contributed by atoms with E-state index in [2.05, 4.69) is 19.2 Å². The van der Waals surface area contributed by atoms with Crippen molar-refractivity contribution in [2.24, 2.45) is 0 Å². The Hall–Kier alpha value is -0.280. The van der Waals surface area contributed by atoms with Crippen molar-refractivity contribution in [3.8, 4) is 0 Å². The van der Waals surface area contributed by atoms with Gasteiger partial charge in [0.05, 0.1) is 0 Å². The molecule has 0 saturated carbocycles. The van der Waals surface area contributed by atoms with Crippen LogP contribution < -0.4 is 5.32 Å². The van der Waals surface area contributed by atoms with E-state index in [0.717, 1.165) is 12.0 Å². The monoisotopic (exact) mass is 275 g/mol. The molecule has 0 fully saturated rings. The molecule has 1 aromatic carbocycles. The third-order valence-corrected chi connectivity index (χ3v) is 3.91. The van der Waals surface area contributed by atoms with Crippen LogP contribution in [-0.2, 0) is 6.54 Å². The van der Waals surface area contributed by atoms with Gasteiger partial charge in [-0.3, -0.25) is 0 Å². The van der Waals surface area contributed by atoms with Crippen LogP contribution in [0.25, 0.3) is 0 Å². The predicted octanol–water partition coefficient (Wildman–Crippen LogP) is 3.63. The Kier molecular flexibility index (Phi) is 5.74. The number of aliphatic hydroxyl groups excluding tert-OH is 1. The first-order valence-corrected chi connectivity index (χ1v) is 6.57. The van der Waals surface area contributed by atoms with E-state index in [4.69, 9.17) is 28.3 Å². The summed E-state index contributed by atoms with van der Waals surface area (Å²) in [5, 5.41) is 13.8. The summed E-state index contributed by atoms with van der Waals surface area (Å²) in [4.78, 5) is 0. The second-order valence-corrected chi connectivity index (χ2v) is 5.26. The molecule has 0 bridgehead atoms. The molecule has 0 spiro atoms. The molecule has 2 N–H and O–H groups in total. The van der Waals surface area contributed by atoms with Crippen LogP contribution in [0.1, 0.15) is 32.3 Å². The largest absolute Gasteiger partial charge is 0.396 e. The van der Waals surface area contributed by atoms with Crippen molar-refractivity contribution < 1.29 is 5.11 Å². The van der Waals surface area contributed by atoms with Crippen LogP contribution in [0, 0.1) is 0 Å². The van der Waals surface area contributed by atoms with Crippen molar-refractivity contribution in [2.75, 3.05) is 6.61 Å². The highest BCUT2D eigenvalue weighted by molar-refractivity contribution is 6.35. The zero-order valence-corrected chi connectivity index (χ0v) is 11.8. The summed E-state index contributed by atoms with van der Waals surface area (Å²) < 4.78 is 0. The Morgan fingerprint density at radius 1 is 1.29 bits per heavy atom. The van der Waals surface area contributed by atoms with E-state index >= 15 is 0 Å². The first kappa shape index (κ1) is 14.8. The molecule has 17 heavy (non-hydrogen) atoms. The molecule has 0 heterocycles. The van der Waals surface area contributed by atoms with Gasteiger partial charge in [-0.1, -0.05) is 36.2 Å². The van der Waals surface area contributed by atoms with Gasteiger partial charge in [0.25, 0.3) is 0 Å². The van der Waals surface area contributed by atoms with Crippen LogP contribution in [0.5, 0.6) is 0 Å². The van der Waals surface area contributed by atoms with E-state index in [0.29, 0.717) is 23.0 Å². The van der Waals surface area contributed by atoms with Crippen LogP contribution in [-0.4, -0.2) is 17.3 Å².